The molecule has 0 aliphatic carbocycles. The summed E-state index contributed by atoms with van der Waals surface area (Å²) in [7, 11) is 0. The molecule has 2 rings (SSSR count). The number of nitrogens with one attached hydrogen (secondary N) is 2. The third-order valence-electron chi connectivity index (χ3n) is 4.08. The Kier molecular flexibility index (Phi) is 7.75. The Labute approximate surface area is 132 Å². The van der Waals surface area contributed by atoms with Crippen molar-refractivity contribution >= 4 is 24.2 Å². The van der Waals surface area contributed by atoms with E-state index in [0.29, 0.717) is 13.0 Å². The molecule has 1 fully saturated rings. The van der Waals surface area contributed by atoms with E-state index in [1.807, 2.05) is 6.92 Å². The van der Waals surface area contributed by atoms with Gasteiger partial charge in [0.15, 0.2) is 0 Å². The minimum Gasteiger partial charge on any atom is -0.351 e. The zero-order chi connectivity index (χ0) is 14.4. The van der Waals surface area contributed by atoms with Crippen molar-refractivity contribution in [2.75, 3.05) is 26.2 Å². The number of hydrogen-bond acceptors (Lipinski definition) is 3. The highest BCUT2D eigenvalue weighted by atomic mass is 35.5. The summed E-state index contributed by atoms with van der Waals surface area (Å²) in [5.74, 6) is 0.0943. The Morgan fingerprint density at radius 2 is 2.24 bits per heavy atom. The monoisotopic (exact) mass is 315 g/mol. The first kappa shape index (κ1) is 18.0. The molecule has 0 aromatic heterocycles. The van der Waals surface area contributed by atoms with Crippen LogP contribution in [0.15, 0.2) is 11.6 Å². The zero-order valence-electron chi connectivity index (χ0n) is 12.7. The van der Waals surface area contributed by atoms with Crippen LogP contribution in [-0.2, 0) is 9.59 Å². The van der Waals surface area contributed by atoms with E-state index in [2.05, 4.69) is 16.7 Å². The van der Waals surface area contributed by atoms with E-state index in [1.54, 1.807) is 4.90 Å². The fourth-order valence-corrected chi connectivity index (χ4v) is 2.85. The number of carbonyl (C=O) groups is 2. The Balaban J connectivity index is 0.00000220. The summed E-state index contributed by atoms with van der Waals surface area (Å²) in [6, 6.07) is -0.265. The molecular formula is C15H26ClN3O2. The summed E-state index contributed by atoms with van der Waals surface area (Å²) in [4.78, 5) is 26.0. The van der Waals surface area contributed by atoms with Crippen LogP contribution in [0, 0.1) is 0 Å². The molecule has 0 radical (unpaired) electrons. The lowest BCUT2D eigenvalue weighted by Crippen LogP contribution is -2.52. The number of amides is 2. The Hall–Kier alpha value is -1.07. The lowest BCUT2D eigenvalue weighted by atomic mass is 10.0. The maximum Gasteiger partial charge on any atom is 0.243 e. The molecule has 0 spiro atoms. The second-order valence-electron chi connectivity index (χ2n) is 5.49. The fraction of sp³-hybridized carbons (Fsp3) is 0.733. The van der Waals surface area contributed by atoms with Gasteiger partial charge in [0.2, 0.25) is 11.8 Å². The van der Waals surface area contributed by atoms with Gasteiger partial charge in [-0.1, -0.05) is 18.6 Å². The smallest absolute Gasteiger partial charge is 0.243 e. The van der Waals surface area contributed by atoms with Gasteiger partial charge in [0.25, 0.3) is 0 Å². The highest BCUT2D eigenvalue weighted by Crippen LogP contribution is 2.18. The standard InChI is InChI=1S/C15H25N3O2.ClH/c1-2-14(19)18-10-4-3-5-13(18)15(20)17-11-12-6-8-16-9-7-12;/h6,13,16H,2-5,7-11H2,1H3,(H,17,20);1H. The largest absolute Gasteiger partial charge is 0.351 e. The molecule has 0 saturated carbocycles. The second kappa shape index (κ2) is 9.05. The lowest BCUT2D eigenvalue weighted by Gasteiger charge is -2.34. The van der Waals surface area contributed by atoms with Crippen molar-refractivity contribution in [3.8, 4) is 0 Å². The van der Waals surface area contributed by atoms with E-state index < -0.39 is 0 Å². The third kappa shape index (κ3) is 5.00. The number of rotatable bonds is 4. The molecule has 1 atom stereocenters. The van der Waals surface area contributed by atoms with Crippen molar-refractivity contribution in [1.82, 2.24) is 15.5 Å². The average molecular weight is 316 g/mol. The summed E-state index contributed by atoms with van der Waals surface area (Å²) < 4.78 is 0. The Morgan fingerprint density at radius 1 is 1.43 bits per heavy atom. The summed E-state index contributed by atoms with van der Waals surface area (Å²) in [6.45, 7) is 5.05. The fourth-order valence-electron chi connectivity index (χ4n) is 2.85. The van der Waals surface area contributed by atoms with E-state index in [-0.39, 0.29) is 30.3 Å². The quantitative estimate of drug-likeness (QED) is 0.767. The van der Waals surface area contributed by atoms with Crippen molar-refractivity contribution in [3.63, 3.8) is 0 Å². The Morgan fingerprint density at radius 3 is 2.90 bits per heavy atom. The van der Waals surface area contributed by atoms with Crippen LogP contribution < -0.4 is 10.6 Å². The van der Waals surface area contributed by atoms with Crippen LogP contribution in [0.1, 0.15) is 39.0 Å². The van der Waals surface area contributed by atoms with Crippen LogP contribution in [0.25, 0.3) is 0 Å². The van der Waals surface area contributed by atoms with E-state index in [0.717, 1.165) is 45.3 Å². The van der Waals surface area contributed by atoms with Gasteiger partial charge in [-0.05, 0) is 32.2 Å². The molecule has 0 bridgehead atoms. The van der Waals surface area contributed by atoms with Gasteiger partial charge in [0.1, 0.15) is 6.04 Å². The molecule has 21 heavy (non-hydrogen) atoms. The van der Waals surface area contributed by atoms with Crippen LogP contribution in [0.4, 0.5) is 0 Å². The van der Waals surface area contributed by atoms with Crippen LogP contribution in [0.2, 0.25) is 0 Å². The third-order valence-corrected chi connectivity index (χ3v) is 4.08. The van der Waals surface area contributed by atoms with Gasteiger partial charge in [0.05, 0.1) is 0 Å². The van der Waals surface area contributed by atoms with E-state index >= 15 is 0 Å². The van der Waals surface area contributed by atoms with Gasteiger partial charge in [-0.25, -0.2) is 0 Å². The Bertz CT molecular complexity index is 398. The molecule has 1 unspecified atom stereocenters. The van der Waals surface area contributed by atoms with Gasteiger partial charge in [-0.15, -0.1) is 12.4 Å². The van der Waals surface area contributed by atoms with Gasteiger partial charge in [0, 0.05) is 26.1 Å². The summed E-state index contributed by atoms with van der Waals surface area (Å²) in [5.41, 5.74) is 1.28. The number of halogens is 1. The molecule has 0 aromatic carbocycles. The van der Waals surface area contributed by atoms with Crippen molar-refractivity contribution in [2.45, 2.75) is 45.1 Å². The zero-order valence-corrected chi connectivity index (χ0v) is 13.5. The lowest BCUT2D eigenvalue weighted by molar-refractivity contribution is -0.142. The molecule has 2 heterocycles. The molecule has 1 saturated heterocycles. The number of piperidine rings is 1. The average Bonchev–Trinajstić information content (AvgIpc) is 2.52. The topological polar surface area (TPSA) is 61.4 Å². The predicted octanol–water partition coefficient (Wildman–Crippen LogP) is 1.24. The molecule has 2 amide bonds. The van der Waals surface area contributed by atoms with Crippen molar-refractivity contribution in [2.24, 2.45) is 0 Å². The predicted molar refractivity (Wildman–Crippen MR) is 85.5 cm³/mol. The van der Waals surface area contributed by atoms with Crippen molar-refractivity contribution in [3.05, 3.63) is 11.6 Å². The van der Waals surface area contributed by atoms with Crippen LogP contribution in [0.3, 0.4) is 0 Å². The summed E-state index contributed by atoms with van der Waals surface area (Å²) in [5, 5.41) is 6.26. The molecule has 2 aliphatic rings. The first-order valence-corrected chi connectivity index (χ1v) is 7.68. The van der Waals surface area contributed by atoms with E-state index in [9.17, 15) is 9.59 Å². The number of hydrogen-bond donors (Lipinski definition) is 2. The first-order chi connectivity index (χ1) is 9.72. The molecule has 0 aromatic rings. The molecule has 5 nitrogen and oxygen atoms in total. The maximum atomic E-state index is 12.3. The van der Waals surface area contributed by atoms with Crippen LogP contribution >= 0.6 is 12.4 Å². The minimum absolute atomic E-state index is 0. The molecule has 6 heteroatoms. The minimum atomic E-state index is -0.265. The van der Waals surface area contributed by atoms with Crippen molar-refractivity contribution in [1.29, 1.82) is 0 Å². The van der Waals surface area contributed by atoms with Gasteiger partial charge >= 0.3 is 0 Å². The SMILES string of the molecule is CCC(=O)N1CCCCC1C(=O)NCC1=CCNCC1.Cl. The normalized spacial score (nSPS) is 22.0. The number of carbonyl (C=O) groups excluding carboxylic acids is 2. The van der Waals surface area contributed by atoms with Gasteiger partial charge in [-0.3, -0.25) is 9.59 Å². The summed E-state index contributed by atoms with van der Waals surface area (Å²) >= 11 is 0. The van der Waals surface area contributed by atoms with Crippen LogP contribution in [0.5, 0.6) is 0 Å². The molecule has 2 N–H and O–H groups in total. The molecular weight excluding hydrogens is 290 g/mol. The second-order valence-corrected chi connectivity index (χ2v) is 5.49. The number of nitrogens with zero attached hydrogens (tertiary/aromatic N) is 1. The first-order valence-electron chi connectivity index (χ1n) is 7.68. The van der Waals surface area contributed by atoms with Crippen molar-refractivity contribution < 1.29 is 9.59 Å². The van der Waals surface area contributed by atoms with Crippen LogP contribution in [-0.4, -0.2) is 48.9 Å². The van der Waals surface area contributed by atoms with Gasteiger partial charge in [-0.2, -0.15) is 0 Å². The van der Waals surface area contributed by atoms with E-state index in [1.165, 1.54) is 5.57 Å². The van der Waals surface area contributed by atoms with E-state index in [4.69, 9.17) is 0 Å². The van der Waals surface area contributed by atoms with Gasteiger partial charge < -0.3 is 15.5 Å². The highest BCUT2D eigenvalue weighted by molar-refractivity contribution is 5.87. The molecule has 120 valence electrons. The maximum absolute atomic E-state index is 12.3. The summed E-state index contributed by atoms with van der Waals surface area (Å²) in [6.07, 6.45) is 6.42. The molecule has 2 aliphatic heterocycles. The highest BCUT2D eigenvalue weighted by Gasteiger charge is 2.31. The number of likely N-dealkylation sites (tertiary alicyclic amines) is 1.